The predicted molar refractivity (Wildman–Crippen MR) is 130 cm³/mol. The van der Waals surface area contributed by atoms with Gasteiger partial charge < -0.3 is 10.2 Å². The Balaban J connectivity index is 1.73. The molecule has 6 nitrogen and oxygen atoms in total. The number of fused-ring (bicyclic) bond motifs is 1. The highest BCUT2D eigenvalue weighted by molar-refractivity contribution is 9.10. The lowest BCUT2D eigenvalue weighted by molar-refractivity contribution is 0.967. The average Bonchev–Trinajstić information content (AvgIpc) is 3.21. The number of nitriles is 2. The smallest absolute Gasteiger partial charge is 0.229 e. The van der Waals surface area contributed by atoms with Crippen molar-refractivity contribution < 1.29 is 0 Å². The molecule has 1 aliphatic heterocycles. The SMILES string of the molecule is CCc1cc(/C=C/C#N)cc(Br)c1N1CCc2c(C)nc(Nc3ccc(C#N)cc3)nc21. The highest BCUT2D eigenvalue weighted by atomic mass is 79.9. The van der Waals surface area contributed by atoms with Gasteiger partial charge in [-0.1, -0.05) is 6.92 Å². The van der Waals surface area contributed by atoms with Gasteiger partial charge in [0.2, 0.25) is 5.95 Å². The van der Waals surface area contributed by atoms with Crippen LogP contribution in [0.5, 0.6) is 0 Å². The van der Waals surface area contributed by atoms with E-state index in [0.29, 0.717) is 11.5 Å². The van der Waals surface area contributed by atoms with E-state index in [1.165, 1.54) is 11.6 Å². The molecule has 1 aromatic heterocycles. The van der Waals surface area contributed by atoms with Gasteiger partial charge in [-0.05, 0) is 89.3 Å². The fourth-order valence-corrected chi connectivity index (χ4v) is 4.67. The molecule has 0 aliphatic carbocycles. The lowest BCUT2D eigenvalue weighted by Crippen LogP contribution is -2.17. The van der Waals surface area contributed by atoms with E-state index in [1.54, 1.807) is 12.1 Å². The Morgan fingerprint density at radius 3 is 2.66 bits per heavy atom. The van der Waals surface area contributed by atoms with Gasteiger partial charge in [-0.2, -0.15) is 15.5 Å². The Morgan fingerprint density at radius 1 is 1.19 bits per heavy atom. The first kappa shape index (κ1) is 21.5. The van der Waals surface area contributed by atoms with Crippen LogP contribution in [0.2, 0.25) is 0 Å². The van der Waals surface area contributed by atoms with Gasteiger partial charge in [-0.15, -0.1) is 0 Å². The van der Waals surface area contributed by atoms with Crippen LogP contribution in [0.25, 0.3) is 6.08 Å². The molecule has 32 heavy (non-hydrogen) atoms. The first-order chi connectivity index (χ1) is 15.5. The predicted octanol–water partition coefficient (Wildman–Crippen LogP) is 5.96. The summed E-state index contributed by atoms with van der Waals surface area (Å²) in [6.07, 6.45) is 5.04. The van der Waals surface area contributed by atoms with Crippen molar-refractivity contribution in [1.29, 1.82) is 10.5 Å². The number of hydrogen-bond donors (Lipinski definition) is 1. The summed E-state index contributed by atoms with van der Waals surface area (Å²) in [6.45, 7) is 4.97. The zero-order chi connectivity index (χ0) is 22.7. The van der Waals surface area contributed by atoms with Crippen molar-refractivity contribution in [2.75, 3.05) is 16.8 Å². The third-order valence-corrected chi connectivity index (χ3v) is 6.07. The monoisotopic (exact) mass is 484 g/mol. The van der Waals surface area contributed by atoms with E-state index in [-0.39, 0.29) is 0 Å². The molecule has 1 aliphatic rings. The van der Waals surface area contributed by atoms with Gasteiger partial charge in [0.1, 0.15) is 5.82 Å². The molecular weight excluding hydrogens is 464 g/mol. The number of rotatable bonds is 5. The second kappa shape index (κ2) is 9.21. The van der Waals surface area contributed by atoms with Crippen molar-refractivity contribution in [3.8, 4) is 12.1 Å². The number of halogens is 1. The van der Waals surface area contributed by atoms with Crippen molar-refractivity contribution in [3.63, 3.8) is 0 Å². The molecule has 0 saturated carbocycles. The molecule has 158 valence electrons. The average molecular weight is 485 g/mol. The maximum absolute atomic E-state index is 9.00. The highest BCUT2D eigenvalue weighted by Crippen LogP contribution is 2.41. The number of aromatic nitrogens is 2. The van der Waals surface area contributed by atoms with Crippen molar-refractivity contribution in [3.05, 3.63) is 74.9 Å². The summed E-state index contributed by atoms with van der Waals surface area (Å²) in [4.78, 5) is 11.8. The number of aryl methyl sites for hydroxylation is 2. The van der Waals surface area contributed by atoms with Crippen LogP contribution >= 0.6 is 15.9 Å². The Bertz CT molecular complexity index is 1280. The van der Waals surface area contributed by atoms with Gasteiger partial charge in [0, 0.05) is 34.0 Å². The molecule has 0 unspecified atom stereocenters. The van der Waals surface area contributed by atoms with E-state index < -0.39 is 0 Å². The third-order valence-electron chi connectivity index (χ3n) is 5.47. The van der Waals surface area contributed by atoms with Gasteiger partial charge in [0.05, 0.1) is 23.4 Å². The zero-order valence-electron chi connectivity index (χ0n) is 17.9. The fraction of sp³-hybridized carbons (Fsp3) is 0.200. The molecular formula is C25H21BrN6. The molecule has 0 fully saturated rings. The Labute approximate surface area is 196 Å². The van der Waals surface area contributed by atoms with Crippen LogP contribution in [0.15, 0.2) is 46.9 Å². The van der Waals surface area contributed by atoms with Crippen LogP contribution in [-0.4, -0.2) is 16.5 Å². The summed E-state index contributed by atoms with van der Waals surface area (Å²) in [5.41, 5.74) is 6.81. The molecule has 4 rings (SSSR count). The van der Waals surface area contributed by atoms with Crippen LogP contribution in [-0.2, 0) is 12.8 Å². The molecule has 0 atom stereocenters. The molecule has 2 heterocycles. The van der Waals surface area contributed by atoms with E-state index in [4.69, 9.17) is 15.5 Å². The lowest BCUT2D eigenvalue weighted by Gasteiger charge is -2.24. The largest absolute Gasteiger partial charge is 0.324 e. The van der Waals surface area contributed by atoms with Gasteiger partial charge in [-0.25, -0.2) is 4.98 Å². The van der Waals surface area contributed by atoms with Crippen LogP contribution in [0, 0.1) is 29.6 Å². The van der Waals surface area contributed by atoms with E-state index in [1.807, 2.05) is 37.3 Å². The van der Waals surface area contributed by atoms with Gasteiger partial charge in [0.25, 0.3) is 0 Å². The topological polar surface area (TPSA) is 88.6 Å². The molecule has 0 bridgehead atoms. The number of hydrogen-bond acceptors (Lipinski definition) is 6. The normalized spacial score (nSPS) is 12.5. The van der Waals surface area contributed by atoms with E-state index in [2.05, 4.69) is 50.2 Å². The molecule has 0 spiro atoms. The minimum Gasteiger partial charge on any atom is -0.324 e. The molecule has 1 N–H and O–H groups in total. The number of allylic oxidation sites excluding steroid dienone is 1. The van der Waals surface area contributed by atoms with Crippen molar-refractivity contribution in [2.24, 2.45) is 0 Å². The van der Waals surface area contributed by atoms with Crippen molar-refractivity contribution in [1.82, 2.24) is 9.97 Å². The summed E-state index contributed by atoms with van der Waals surface area (Å²) in [6, 6.07) is 15.6. The standard InChI is InChI=1S/C25H21BrN6/c1-3-19-13-18(5-4-11-27)14-22(26)23(19)32-12-10-21-16(2)29-25(31-24(21)32)30-20-8-6-17(15-28)7-9-20/h4-9,13-14H,3,10,12H2,1-2H3,(H,29,30,31)/b5-4+. The summed E-state index contributed by atoms with van der Waals surface area (Å²) in [5, 5.41) is 21.1. The quantitative estimate of drug-likeness (QED) is 0.449. The van der Waals surface area contributed by atoms with Crippen LogP contribution in [0.1, 0.15) is 34.9 Å². The number of nitrogens with zero attached hydrogens (tertiary/aromatic N) is 5. The minimum atomic E-state index is 0.528. The molecule has 0 radical (unpaired) electrons. The number of benzene rings is 2. The number of nitrogens with one attached hydrogen (secondary N) is 1. The van der Waals surface area contributed by atoms with Gasteiger partial charge in [-0.3, -0.25) is 0 Å². The molecule has 3 aromatic rings. The molecule has 2 aromatic carbocycles. The lowest BCUT2D eigenvalue weighted by atomic mass is 10.0. The van der Waals surface area contributed by atoms with E-state index in [0.717, 1.165) is 57.9 Å². The summed E-state index contributed by atoms with van der Waals surface area (Å²) < 4.78 is 0.972. The van der Waals surface area contributed by atoms with Crippen LogP contribution in [0.3, 0.4) is 0 Å². The van der Waals surface area contributed by atoms with E-state index in [9.17, 15) is 0 Å². The minimum absolute atomic E-state index is 0.528. The first-order valence-electron chi connectivity index (χ1n) is 10.3. The molecule has 0 amide bonds. The van der Waals surface area contributed by atoms with Gasteiger partial charge in [0.15, 0.2) is 0 Å². The maximum Gasteiger partial charge on any atom is 0.229 e. The summed E-state index contributed by atoms with van der Waals surface area (Å²) in [5.74, 6) is 1.44. The fourth-order valence-electron chi connectivity index (χ4n) is 3.94. The Morgan fingerprint density at radius 2 is 1.97 bits per heavy atom. The summed E-state index contributed by atoms with van der Waals surface area (Å²) >= 11 is 3.75. The second-order valence-corrected chi connectivity index (χ2v) is 8.33. The zero-order valence-corrected chi connectivity index (χ0v) is 19.4. The van der Waals surface area contributed by atoms with Gasteiger partial charge >= 0.3 is 0 Å². The highest BCUT2D eigenvalue weighted by Gasteiger charge is 2.28. The maximum atomic E-state index is 9.00. The van der Waals surface area contributed by atoms with Crippen molar-refractivity contribution >= 4 is 45.1 Å². The second-order valence-electron chi connectivity index (χ2n) is 7.48. The Hall–Kier alpha value is -3.68. The van der Waals surface area contributed by atoms with Crippen molar-refractivity contribution in [2.45, 2.75) is 26.7 Å². The summed E-state index contributed by atoms with van der Waals surface area (Å²) in [7, 11) is 0. The van der Waals surface area contributed by atoms with E-state index >= 15 is 0 Å². The third kappa shape index (κ3) is 4.21. The number of anilines is 4. The first-order valence-corrected chi connectivity index (χ1v) is 11.1. The molecule has 7 heteroatoms. The Kier molecular flexibility index (Phi) is 6.20. The van der Waals surface area contributed by atoms with Crippen LogP contribution < -0.4 is 10.2 Å². The molecule has 0 saturated heterocycles. The van der Waals surface area contributed by atoms with Crippen LogP contribution in [0.4, 0.5) is 23.1 Å².